The average Bonchev–Trinajstić information content (AvgIpc) is 3.22. The SMILES string of the molecule is O=S(=O)(Cc1ccon1)N(CC(O)c1ccc(F)cc1)C1CC1. The molecule has 23 heavy (non-hydrogen) atoms. The second kappa shape index (κ2) is 6.38. The Morgan fingerprint density at radius 1 is 1.30 bits per heavy atom. The Morgan fingerprint density at radius 3 is 2.57 bits per heavy atom. The van der Waals surface area contributed by atoms with Crippen LogP contribution in [0.15, 0.2) is 41.1 Å². The van der Waals surface area contributed by atoms with Gasteiger partial charge >= 0.3 is 0 Å². The number of aliphatic hydroxyl groups is 1. The quantitative estimate of drug-likeness (QED) is 0.831. The Bertz CT molecular complexity index is 742. The van der Waals surface area contributed by atoms with Crippen molar-refractivity contribution < 1.29 is 22.4 Å². The summed E-state index contributed by atoms with van der Waals surface area (Å²) in [5.74, 6) is -0.672. The summed E-state index contributed by atoms with van der Waals surface area (Å²) in [6.45, 7) is -0.0590. The van der Waals surface area contributed by atoms with E-state index in [-0.39, 0.29) is 18.3 Å². The molecule has 1 aliphatic carbocycles. The van der Waals surface area contributed by atoms with E-state index in [2.05, 4.69) is 9.68 Å². The lowest BCUT2D eigenvalue weighted by molar-refractivity contribution is 0.145. The zero-order chi connectivity index (χ0) is 16.4. The Labute approximate surface area is 133 Å². The van der Waals surface area contributed by atoms with E-state index in [0.717, 1.165) is 12.8 Å². The average molecular weight is 340 g/mol. The Balaban J connectivity index is 1.75. The van der Waals surface area contributed by atoms with Gasteiger partial charge in [-0.15, -0.1) is 0 Å². The van der Waals surface area contributed by atoms with Gasteiger partial charge < -0.3 is 9.63 Å². The normalized spacial score (nSPS) is 16.7. The summed E-state index contributed by atoms with van der Waals surface area (Å²) in [5.41, 5.74) is 0.806. The molecular weight excluding hydrogens is 323 g/mol. The van der Waals surface area contributed by atoms with Crippen LogP contribution in [-0.2, 0) is 15.8 Å². The monoisotopic (exact) mass is 340 g/mol. The molecule has 1 aliphatic rings. The maximum absolute atomic E-state index is 12.9. The summed E-state index contributed by atoms with van der Waals surface area (Å²) in [7, 11) is -3.62. The molecule has 0 spiro atoms. The first-order valence-electron chi connectivity index (χ1n) is 7.28. The molecule has 6 nitrogen and oxygen atoms in total. The number of halogens is 1. The third kappa shape index (κ3) is 3.95. The van der Waals surface area contributed by atoms with Crippen LogP contribution >= 0.6 is 0 Å². The highest BCUT2D eigenvalue weighted by Gasteiger charge is 2.38. The highest BCUT2D eigenvalue weighted by atomic mass is 32.2. The molecule has 0 radical (unpaired) electrons. The Kier molecular flexibility index (Phi) is 4.47. The van der Waals surface area contributed by atoms with E-state index in [9.17, 15) is 17.9 Å². The van der Waals surface area contributed by atoms with Crippen molar-refractivity contribution in [3.05, 3.63) is 53.7 Å². The smallest absolute Gasteiger partial charge is 0.220 e. The van der Waals surface area contributed by atoms with Gasteiger partial charge in [0.15, 0.2) is 0 Å². The minimum atomic E-state index is -3.62. The van der Waals surface area contributed by atoms with E-state index in [1.54, 1.807) is 0 Å². The maximum atomic E-state index is 12.9. The van der Waals surface area contributed by atoms with Crippen LogP contribution in [0, 0.1) is 5.82 Å². The molecule has 1 aromatic heterocycles. The zero-order valence-corrected chi connectivity index (χ0v) is 13.1. The van der Waals surface area contributed by atoms with Crippen molar-refractivity contribution in [3.8, 4) is 0 Å². The van der Waals surface area contributed by atoms with E-state index < -0.39 is 21.9 Å². The van der Waals surface area contributed by atoms with Crippen molar-refractivity contribution in [1.29, 1.82) is 0 Å². The molecule has 1 saturated carbocycles. The number of hydrogen-bond donors (Lipinski definition) is 1. The summed E-state index contributed by atoms with van der Waals surface area (Å²) in [6, 6.07) is 6.79. The van der Waals surface area contributed by atoms with Gasteiger partial charge in [-0.05, 0) is 30.5 Å². The van der Waals surface area contributed by atoms with E-state index in [0.29, 0.717) is 11.3 Å². The first-order valence-corrected chi connectivity index (χ1v) is 8.89. The van der Waals surface area contributed by atoms with Crippen LogP contribution in [0.2, 0.25) is 0 Å². The van der Waals surface area contributed by atoms with Crippen molar-refractivity contribution in [1.82, 2.24) is 9.46 Å². The molecule has 1 heterocycles. The molecule has 1 fully saturated rings. The minimum Gasteiger partial charge on any atom is -0.387 e. The first-order chi connectivity index (χ1) is 11.0. The van der Waals surface area contributed by atoms with Crippen molar-refractivity contribution in [2.24, 2.45) is 0 Å². The summed E-state index contributed by atoms with van der Waals surface area (Å²) in [4.78, 5) is 0. The van der Waals surface area contributed by atoms with Crippen LogP contribution < -0.4 is 0 Å². The number of hydrogen-bond acceptors (Lipinski definition) is 5. The lowest BCUT2D eigenvalue weighted by Gasteiger charge is -2.24. The van der Waals surface area contributed by atoms with E-state index in [1.165, 1.54) is 40.9 Å². The number of benzene rings is 1. The molecule has 1 atom stereocenters. The molecule has 0 amide bonds. The molecular formula is C15H17FN2O4S. The van der Waals surface area contributed by atoms with Crippen LogP contribution in [0.25, 0.3) is 0 Å². The van der Waals surface area contributed by atoms with E-state index in [4.69, 9.17) is 0 Å². The molecule has 0 aliphatic heterocycles. The van der Waals surface area contributed by atoms with Crippen molar-refractivity contribution in [2.45, 2.75) is 30.7 Å². The lowest BCUT2D eigenvalue weighted by atomic mass is 10.1. The number of aliphatic hydroxyl groups excluding tert-OH is 1. The molecule has 1 unspecified atom stereocenters. The van der Waals surface area contributed by atoms with Crippen molar-refractivity contribution in [2.75, 3.05) is 6.54 Å². The van der Waals surface area contributed by atoms with Gasteiger partial charge in [-0.2, -0.15) is 4.31 Å². The largest absolute Gasteiger partial charge is 0.387 e. The molecule has 8 heteroatoms. The third-order valence-electron chi connectivity index (χ3n) is 3.74. The number of nitrogens with zero attached hydrogens (tertiary/aromatic N) is 2. The van der Waals surface area contributed by atoms with Gasteiger partial charge in [-0.1, -0.05) is 17.3 Å². The maximum Gasteiger partial charge on any atom is 0.220 e. The fourth-order valence-corrected chi connectivity index (χ4v) is 4.12. The summed E-state index contributed by atoms with van der Waals surface area (Å²) in [5, 5.41) is 13.9. The standard InChI is InChI=1S/C15H17FN2O4S/c16-12-3-1-11(2-4-12)15(19)9-18(14-5-6-14)23(20,21)10-13-7-8-22-17-13/h1-4,7-8,14-15,19H,5-6,9-10H2. The molecule has 1 aromatic carbocycles. The second-order valence-corrected chi connectivity index (χ2v) is 7.54. The van der Waals surface area contributed by atoms with E-state index >= 15 is 0 Å². The van der Waals surface area contributed by atoms with Gasteiger partial charge in [-0.3, -0.25) is 0 Å². The molecule has 3 rings (SSSR count). The predicted molar refractivity (Wildman–Crippen MR) is 80.2 cm³/mol. The second-order valence-electron chi connectivity index (χ2n) is 5.62. The molecule has 2 aromatic rings. The highest BCUT2D eigenvalue weighted by Crippen LogP contribution is 2.32. The van der Waals surface area contributed by atoms with E-state index in [1.807, 2.05) is 0 Å². The van der Waals surface area contributed by atoms with Crippen LogP contribution in [0.1, 0.15) is 30.2 Å². The minimum absolute atomic E-state index is 0.0590. The lowest BCUT2D eigenvalue weighted by Crippen LogP contribution is -2.37. The summed E-state index contributed by atoms with van der Waals surface area (Å²) in [6.07, 6.45) is 1.85. The van der Waals surface area contributed by atoms with Crippen LogP contribution in [0.3, 0.4) is 0 Å². The molecule has 1 N–H and O–H groups in total. The fraction of sp³-hybridized carbons (Fsp3) is 0.400. The topological polar surface area (TPSA) is 83.6 Å². The fourth-order valence-electron chi connectivity index (χ4n) is 2.39. The number of rotatable bonds is 7. The number of sulfonamides is 1. The Hall–Kier alpha value is -1.77. The highest BCUT2D eigenvalue weighted by molar-refractivity contribution is 7.88. The van der Waals surface area contributed by atoms with Crippen LogP contribution in [-0.4, -0.2) is 35.6 Å². The first kappa shape index (κ1) is 16.1. The van der Waals surface area contributed by atoms with Gasteiger partial charge in [-0.25, -0.2) is 12.8 Å². The van der Waals surface area contributed by atoms with Gasteiger partial charge in [0.05, 0.1) is 11.8 Å². The zero-order valence-electron chi connectivity index (χ0n) is 12.3. The van der Waals surface area contributed by atoms with Gasteiger partial charge in [0.25, 0.3) is 0 Å². The number of aromatic nitrogens is 1. The molecule has 124 valence electrons. The Morgan fingerprint density at radius 2 is 2.00 bits per heavy atom. The van der Waals surface area contributed by atoms with Crippen LogP contribution in [0.4, 0.5) is 4.39 Å². The third-order valence-corrected chi connectivity index (χ3v) is 5.56. The molecule has 0 bridgehead atoms. The van der Waals surface area contributed by atoms with Crippen molar-refractivity contribution >= 4 is 10.0 Å². The van der Waals surface area contributed by atoms with Gasteiger partial charge in [0.1, 0.15) is 17.8 Å². The molecule has 0 saturated heterocycles. The van der Waals surface area contributed by atoms with Crippen LogP contribution in [0.5, 0.6) is 0 Å². The van der Waals surface area contributed by atoms with Gasteiger partial charge in [0.2, 0.25) is 10.0 Å². The summed E-state index contributed by atoms with van der Waals surface area (Å²) >= 11 is 0. The van der Waals surface area contributed by atoms with Crippen molar-refractivity contribution in [3.63, 3.8) is 0 Å². The van der Waals surface area contributed by atoms with Gasteiger partial charge in [0, 0.05) is 18.7 Å². The predicted octanol–water partition coefficient (Wildman–Crippen LogP) is 1.84. The summed E-state index contributed by atoms with van der Waals surface area (Å²) < 4.78 is 44.1.